The topological polar surface area (TPSA) is 41.5 Å². The van der Waals surface area contributed by atoms with Gasteiger partial charge in [-0.1, -0.05) is 60.2 Å². The van der Waals surface area contributed by atoms with Crippen LogP contribution in [0.2, 0.25) is 0 Å². The van der Waals surface area contributed by atoms with Crippen molar-refractivity contribution in [3.05, 3.63) is 71.3 Å². The number of carbonyl (C=O) groups is 1. The molecule has 1 fully saturated rings. The maximum absolute atomic E-state index is 12.2. The monoisotopic (exact) mass is 292 g/mol. The second-order valence-corrected chi connectivity index (χ2v) is 5.90. The van der Waals surface area contributed by atoms with E-state index in [0.29, 0.717) is 5.92 Å². The van der Waals surface area contributed by atoms with Crippen LogP contribution in [0.3, 0.4) is 0 Å². The fourth-order valence-electron chi connectivity index (χ4n) is 2.71. The Bertz CT molecular complexity index is 706. The molecule has 0 bridgehead atoms. The summed E-state index contributed by atoms with van der Waals surface area (Å²) in [6, 6.07) is 18.3. The fourth-order valence-corrected chi connectivity index (χ4v) is 2.71. The van der Waals surface area contributed by atoms with Crippen molar-refractivity contribution in [1.82, 2.24) is 5.43 Å². The van der Waals surface area contributed by atoms with Gasteiger partial charge in [0.2, 0.25) is 5.91 Å². The van der Waals surface area contributed by atoms with Crippen LogP contribution in [0.1, 0.15) is 36.0 Å². The van der Waals surface area contributed by atoms with E-state index in [4.69, 9.17) is 0 Å². The van der Waals surface area contributed by atoms with Gasteiger partial charge >= 0.3 is 0 Å². The second-order valence-electron chi connectivity index (χ2n) is 5.90. The van der Waals surface area contributed by atoms with Gasteiger partial charge in [0.25, 0.3) is 0 Å². The summed E-state index contributed by atoms with van der Waals surface area (Å²) in [4.78, 5) is 12.2. The summed E-state index contributed by atoms with van der Waals surface area (Å²) in [5, 5.41) is 4.24. The van der Waals surface area contributed by atoms with Crippen LogP contribution in [0, 0.1) is 12.8 Å². The van der Waals surface area contributed by atoms with E-state index in [2.05, 4.69) is 28.7 Å². The van der Waals surface area contributed by atoms with Crippen molar-refractivity contribution in [3.8, 4) is 0 Å². The van der Waals surface area contributed by atoms with Crippen LogP contribution >= 0.6 is 0 Å². The quantitative estimate of drug-likeness (QED) is 0.678. The van der Waals surface area contributed by atoms with Gasteiger partial charge in [0.15, 0.2) is 0 Å². The molecule has 0 saturated heterocycles. The number of carbonyl (C=O) groups excluding carboxylic acids is 1. The van der Waals surface area contributed by atoms with E-state index in [1.165, 1.54) is 11.1 Å². The molecule has 3 heteroatoms. The lowest BCUT2D eigenvalue weighted by Gasteiger charge is -2.04. The maximum atomic E-state index is 12.2. The lowest BCUT2D eigenvalue weighted by molar-refractivity contribution is -0.122. The molecule has 1 aliphatic carbocycles. The third-order valence-electron chi connectivity index (χ3n) is 4.12. The Morgan fingerprint density at radius 2 is 1.91 bits per heavy atom. The van der Waals surface area contributed by atoms with Crippen molar-refractivity contribution >= 4 is 11.6 Å². The van der Waals surface area contributed by atoms with Gasteiger partial charge in [0.1, 0.15) is 0 Å². The second kappa shape index (κ2) is 6.14. The molecular formula is C19H20N2O. The first-order chi connectivity index (χ1) is 10.6. The molecule has 1 N–H and O–H groups in total. The summed E-state index contributed by atoms with van der Waals surface area (Å²) < 4.78 is 0. The zero-order valence-corrected chi connectivity index (χ0v) is 12.9. The highest BCUT2D eigenvalue weighted by molar-refractivity contribution is 5.99. The number of nitrogens with one attached hydrogen (secondary N) is 1. The van der Waals surface area contributed by atoms with Gasteiger partial charge in [-0.05, 0) is 37.3 Å². The van der Waals surface area contributed by atoms with E-state index >= 15 is 0 Å². The zero-order chi connectivity index (χ0) is 15.5. The van der Waals surface area contributed by atoms with Crippen molar-refractivity contribution in [2.75, 3.05) is 0 Å². The van der Waals surface area contributed by atoms with E-state index < -0.39 is 0 Å². The number of aryl methyl sites for hydroxylation is 1. The van der Waals surface area contributed by atoms with Crippen LogP contribution in [0.15, 0.2) is 59.7 Å². The van der Waals surface area contributed by atoms with Gasteiger partial charge in [-0.25, -0.2) is 5.43 Å². The minimum absolute atomic E-state index is 0.0147. The van der Waals surface area contributed by atoms with Crippen LogP contribution < -0.4 is 5.43 Å². The number of benzene rings is 2. The Morgan fingerprint density at radius 3 is 2.64 bits per heavy atom. The number of hydrazone groups is 1. The predicted molar refractivity (Wildman–Crippen MR) is 88.8 cm³/mol. The fraction of sp³-hybridized carbons (Fsp3) is 0.263. The van der Waals surface area contributed by atoms with Crippen molar-refractivity contribution in [2.45, 2.75) is 26.2 Å². The Morgan fingerprint density at radius 1 is 1.14 bits per heavy atom. The number of rotatable bonds is 4. The molecule has 22 heavy (non-hydrogen) atoms. The Hall–Kier alpha value is -2.42. The molecule has 3 nitrogen and oxygen atoms in total. The van der Waals surface area contributed by atoms with Crippen LogP contribution in [-0.2, 0) is 4.79 Å². The molecule has 3 rings (SSSR count). The molecule has 1 aliphatic rings. The maximum Gasteiger partial charge on any atom is 0.243 e. The highest BCUT2D eigenvalue weighted by atomic mass is 16.2. The van der Waals surface area contributed by atoms with Crippen LogP contribution in [0.5, 0.6) is 0 Å². The minimum Gasteiger partial charge on any atom is -0.273 e. The lowest BCUT2D eigenvalue weighted by Crippen LogP contribution is -2.21. The van der Waals surface area contributed by atoms with Gasteiger partial charge in [0, 0.05) is 5.92 Å². The molecule has 0 unspecified atom stereocenters. The van der Waals surface area contributed by atoms with Gasteiger partial charge in [-0.15, -0.1) is 0 Å². The largest absolute Gasteiger partial charge is 0.273 e. The summed E-state index contributed by atoms with van der Waals surface area (Å²) in [6.07, 6.45) is 0.912. The molecule has 0 aliphatic heterocycles. The first-order valence-electron chi connectivity index (χ1n) is 7.61. The van der Waals surface area contributed by atoms with Crippen molar-refractivity contribution in [1.29, 1.82) is 0 Å². The third kappa shape index (κ3) is 3.25. The zero-order valence-electron chi connectivity index (χ0n) is 12.9. The van der Waals surface area contributed by atoms with Gasteiger partial charge in [0.05, 0.1) is 5.71 Å². The highest BCUT2D eigenvalue weighted by Gasteiger charge is 2.43. The molecule has 0 heterocycles. The van der Waals surface area contributed by atoms with Gasteiger partial charge in [-0.2, -0.15) is 5.10 Å². The molecule has 0 radical (unpaired) electrons. The van der Waals surface area contributed by atoms with Gasteiger partial charge in [-0.3, -0.25) is 4.79 Å². The molecule has 1 saturated carbocycles. The number of nitrogens with zero attached hydrogens (tertiary/aromatic N) is 1. The van der Waals surface area contributed by atoms with Crippen molar-refractivity contribution < 1.29 is 4.79 Å². The highest BCUT2D eigenvalue weighted by Crippen LogP contribution is 2.47. The van der Waals surface area contributed by atoms with Crippen molar-refractivity contribution in [2.24, 2.45) is 11.0 Å². The van der Waals surface area contributed by atoms with E-state index in [1.54, 1.807) is 0 Å². The normalized spacial score (nSPS) is 20.5. The smallest absolute Gasteiger partial charge is 0.243 e. The molecule has 2 atom stereocenters. The molecule has 1 amide bonds. The summed E-state index contributed by atoms with van der Waals surface area (Å²) in [5.41, 5.74) is 7.00. The van der Waals surface area contributed by atoms with E-state index in [0.717, 1.165) is 17.7 Å². The average Bonchev–Trinajstić information content (AvgIpc) is 3.34. The first-order valence-corrected chi connectivity index (χ1v) is 7.61. The summed E-state index contributed by atoms with van der Waals surface area (Å²) in [5.74, 6) is 0.410. The molecule has 2 aromatic carbocycles. The van der Waals surface area contributed by atoms with E-state index in [9.17, 15) is 4.79 Å². The summed E-state index contributed by atoms with van der Waals surface area (Å²) in [7, 11) is 0. The van der Waals surface area contributed by atoms with Crippen LogP contribution in [0.4, 0.5) is 0 Å². The number of hydrogen-bond donors (Lipinski definition) is 1. The Balaban J connectivity index is 1.60. The molecular weight excluding hydrogens is 272 g/mol. The summed E-state index contributed by atoms with van der Waals surface area (Å²) in [6.45, 7) is 3.96. The van der Waals surface area contributed by atoms with Crippen molar-refractivity contribution in [3.63, 3.8) is 0 Å². The number of hydrogen-bond acceptors (Lipinski definition) is 2. The minimum atomic E-state index is 0.0147. The predicted octanol–water partition coefficient (Wildman–Crippen LogP) is 3.64. The van der Waals surface area contributed by atoms with Gasteiger partial charge < -0.3 is 0 Å². The first kappa shape index (κ1) is 14.5. The molecule has 2 aromatic rings. The van der Waals surface area contributed by atoms with Crippen LogP contribution in [0.25, 0.3) is 0 Å². The Kier molecular flexibility index (Phi) is 4.05. The third-order valence-corrected chi connectivity index (χ3v) is 4.12. The summed E-state index contributed by atoms with van der Waals surface area (Å²) >= 11 is 0. The molecule has 0 spiro atoms. The van der Waals surface area contributed by atoms with E-state index in [1.807, 2.05) is 50.2 Å². The number of amides is 1. The van der Waals surface area contributed by atoms with Crippen LogP contribution in [-0.4, -0.2) is 11.6 Å². The standard InChI is InChI=1S/C19H20N2O/c1-13-7-6-10-16(11-13)14(2)20-21-19(22)18-12-17(18)15-8-4-3-5-9-15/h3-11,17-18H,12H2,1-2H3,(H,21,22)/b20-14+/t17-,18+/m0/s1. The average molecular weight is 292 g/mol. The molecule has 0 aromatic heterocycles. The lowest BCUT2D eigenvalue weighted by atomic mass is 10.1. The molecule has 112 valence electrons. The SMILES string of the molecule is C/C(=N\NC(=O)[C@@H]1C[C@H]1c1ccccc1)c1cccc(C)c1. The Labute approximate surface area is 131 Å². The van der Waals surface area contributed by atoms with E-state index in [-0.39, 0.29) is 11.8 Å².